The minimum atomic E-state index is -0.0942. The number of carbonyl (C=O) groups is 2. The van der Waals surface area contributed by atoms with E-state index in [4.69, 9.17) is 4.74 Å². The van der Waals surface area contributed by atoms with Gasteiger partial charge in [0.25, 0.3) is 5.91 Å². The van der Waals surface area contributed by atoms with E-state index in [1.807, 2.05) is 0 Å². The molecule has 0 radical (unpaired) electrons. The van der Waals surface area contributed by atoms with Crippen LogP contribution in [0.2, 0.25) is 0 Å². The fourth-order valence-electron chi connectivity index (χ4n) is 2.24. The molecule has 2 amide bonds. The van der Waals surface area contributed by atoms with Gasteiger partial charge < -0.3 is 20.3 Å². The van der Waals surface area contributed by atoms with Crippen molar-refractivity contribution in [1.82, 2.24) is 10.2 Å². The van der Waals surface area contributed by atoms with Gasteiger partial charge in [0, 0.05) is 25.7 Å². The van der Waals surface area contributed by atoms with Gasteiger partial charge in [0.2, 0.25) is 5.91 Å². The minimum absolute atomic E-state index is 0.00772. The zero-order chi connectivity index (χ0) is 15.9. The first-order chi connectivity index (χ1) is 10.6. The molecule has 0 spiro atoms. The number of benzene rings is 1. The molecule has 120 valence electrons. The lowest BCUT2D eigenvalue weighted by molar-refractivity contribution is -0.130. The molecule has 22 heavy (non-hydrogen) atoms. The second kappa shape index (κ2) is 7.79. The number of rotatable bonds is 5. The van der Waals surface area contributed by atoms with E-state index in [-0.39, 0.29) is 24.3 Å². The number of amides is 2. The van der Waals surface area contributed by atoms with E-state index in [2.05, 4.69) is 10.6 Å². The van der Waals surface area contributed by atoms with Gasteiger partial charge in [-0.15, -0.1) is 0 Å². The highest BCUT2D eigenvalue weighted by molar-refractivity contribution is 5.92. The van der Waals surface area contributed by atoms with E-state index in [0.29, 0.717) is 5.75 Å². The normalized spacial score (nSPS) is 15.2. The van der Waals surface area contributed by atoms with Crippen LogP contribution >= 0.6 is 0 Å². The first-order valence-corrected chi connectivity index (χ1v) is 7.51. The Morgan fingerprint density at radius 1 is 1.23 bits per heavy atom. The summed E-state index contributed by atoms with van der Waals surface area (Å²) in [7, 11) is 3.37. The van der Waals surface area contributed by atoms with Crippen molar-refractivity contribution >= 4 is 17.5 Å². The number of likely N-dealkylation sites (N-methyl/N-ethyl adjacent to an activating group) is 1. The predicted molar refractivity (Wildman–Crippen MR) is 84.9 cm³/mol. The minimum Gasteiger partial charge on any atom is -0.484 e. The Labute approximate surface area is 130 Å². The Morgan fingerprint density at radius 2 is 1.86 bits per heavy atom. The zero-order valence-corrected chi connectivity index (χ0v) is 13.1. The lowest BCUT2D eigenvalue weighted by Gasteiger charge is -2.21. The quantitative estimate of drug-likeness (QED) is 0.854. The molecule has 1 saturated heterocycles. The number of piperidine rings is 1. The molecule has 0 aliphatic carbocycles. The molecule has 1 aliphatic heterocycles. The number of carbonyl (C=O) groups excluding carboxylic acids is 2. The number of hydrogen-bond acceptors (Lipinski definition) is 4. The maximum Gasteiger partial charge on any atom is 0.259 e. The standard InChI is InChI=1S/C16H23N3O3/c1-19(2)15(20)11-22-14-5-3-13(4-6-14)18-16(21)12-7-9-17-10-8-12/h3-6,12,17H,7-11H2,1-2H3,(H,18,21). The molecule has 0 aromatic heterocycles. The molecular formula is C16H23N3O3. The van der Waals surface area contributed by atoms with Crippen LogP contribution in [0.25, 0.3) is 0 Å². The Morgan fingerprint density at radius 3 is 2.45 bits per heavy atom. The fourth-order valence-corrected chi connectivity index (χ4v) is 2.24. The Kier molecular flexibility index (Phi) is 5.77. The summed E-state index contributed by atoms with van der Waals surface area (Å²) in [5.74, 6) is 0.659. The second-order valence-electron chi connectivity index (χ2n) is 5.61. The smallest absolute Gasteiger partial charge is 0.259 e. The SMILES string of the molecule is CN(C)C(=O)COc1ccc(NC(=O)C2CCNCC2)cc1. The van der Waals surface area contributed by atoms with Crippen LogP contribution in [0.15, 0.2) is 24.3 Å². The van der Waals surface area contributed by atoms with Gasteiger partial charge in [0.1, 0.15) is 5.75 Å². The van der Waals surface area contributed by atoms with Gasteiger partial charge in [-0.2, -0.15) is 0 Å². The molecular weight excluding hydrogens is 282 g/mol. The van der Waals surface area contributed by atoms with Crippen LogP contribution in [-0.2, 0) is 9.59 Å². The number of nitrogens with one attached hydrogen (secondary N) is 2. The van der Waals surface area contributed by atoms with Crippen molar-refractivity contribution in [3.8, 4) is 5.75 Å². The Balaban J connectivity index is 1.83. The largest absolute Gasteiger partial charge is 0.484 e. The van der Waals surface area contributed by atoms with Crippen LogP contribution in [0.4, 0.5) is 5.69 Å². The maximum atomic E-state index is 12.1. The van der Waals surface area contributed by atoms with Gasteiger partial charge in [-0.05, 0) is 50.2 Å². The summed E-state index contributed by atoms with van der Waals surface area (Å²) in [6, 6.07) is 7.07. The van der Waals surface area contributed by atoms with Crippen molar-refractivity contribution in [3.63, 3.8) is 0 Å². The highest BCUT2D eigenvalue weighted by Crippen LogP contribution is 2.18. The topological polar surface area (TPSA) is 70.7 Å². The molecule has 1 aliphatic rings. The predicted octanol–water partition coefficient (Wildman–Crippen LogP) is 1.09. The van der Waals surface area contributed by atoms with Gasteiger partial charge in [-0.25, -0.2) is 0 Å². The van der Waals surface area contributed by atoms with E-state index in [0.717, 1.165) is 31.6 Å². The van der Waals surface area contributed by atoms with E-state index in [9.17, 15) is 9.59 Å². The third-order valence-electron chi connectivity index (χ3n) is 3.69. The van der Waals surface area contributed by atoms with E-state index in [1.165, 1.54) is 4.90 Å². The molecule has 1 aromatic carbocycles. The first-order valence-electron chi connectivity index (χ1n) is 7.51. The molecule has 0 bridgehead atoms. The summed E-state index contributed by atoms with van der Waals surface area (Å²) in [4.78, 5) is 25.0. The van der Waals surface area contributed by atoms with Crippen LogP contribution < -0.4 is 15.4 Å². The van der Waals surface area contributed by atoms with Crippen LogP contribution in [0.1, 0.15) is 12.8 Å². The van der Waals surface area contributed by atoms with Crippen molar-refractivity contribution in [3.05, 3.63) is 24.3 Å². The molecule has 6 heteroatoms. The third kappa shape index (κ3) is 4.73. The van der Waals surface area contributed by atoms with E-state index < -0.39 is 0 Å². The number of hydrogen-bond donors (Lipinski definition) is 2. The first kappa shape index (κ1) is 16.3. The monoisotopic (exact) mass is 305 g/mol. The molecule has 2 rings (SSSR count). The fraction of sp³-hybridized carbons (Fsp3) is 0.500. The average molecular weight is 305 g/mol. The lowest BCUT2D eigenvalue weighted by atomic mass is 9.97. The van der Waals surface area contributed by atoms with Crippen LogP contribution in [-0.4, -0.2) is 50.5 Å². The Hall–Kier alpha value is -2.08. The third-order valence-corrected chi connectivity index (χ3v) is 3.69. The molecule has 6 nitrogen and oxygen atoms in total. The van der Waals surface area contributed by atoms with E-state index >= 15 is 0 Å². The van der Waals surface area contributed by atoms with Crippen LogP contribution in [0.5, 0.6) is 5.75 Å². The molecule has 1 heterocycles. The number of ether oxygens (including phenoxy) is 1. The molecule has 2 N–H and O–H groups in total. The lowest BCUT2D eigenvalue weighted by Crippen LogP contribution is -2.34. The van der Waals surface area contributed by atoms with Crippen molar-refractivity contribution in [1.29, 1.82) is 0 Å². The molecule has 0 saturated carbocycles. The van der Waals surface area contributed by atoms with Gasteiger partial charge in [-0.1, -0.05) is 0 Å². The molecule has 1 aromatic rings. The summed E-state index contributed by atoms with van der Waals surface area (Å²) >= 11 is 0. The van der Waals surface area contributed by atoms with Crippen LogP contribution in [0, 0.1) is 5.92 Å². The highest BCUT2D eigenvalue weighted by atomic mass is 16.5. The summed E-state index contributed by atoms with van der Waals surface area (Å²) in [6.07, 6.45) is 1.75. The van der Waals surface area contributed by atoms with Crippen molar-refractivity contribution in [2.75, 3.05) is 39.1 Å². The summed E-state index contributed by atoms with van der Waals surface area (Å²) in [6.45, 7) is 1.79. The summed E-state index contributed by atoms with van der Waals surface area (Å²) < 4.78 is 5.39. The van der Waals surface area contributed by atoms with Gasteiger partial charge in [-0.3, -0.25) is 9.59 Å². The average Bonchev–Trinajstić information content (AvgIpc) is 2.54. The maximum absolute atomic E-state index is 12.1. The van der Waals surface area contributed by atoms with Crippen molar-refractivity contribution < 1.29 is 14.3 Å². The van der Waals surface area contributed by atoms with E-state index in [1.54, 1.807) is 38.4 Å². The van der Waals surface area contributed by atoms with Crippen LogP contribution in [0.3, 0.4) is 0 Å². The van der Waals surface area contributed by atoms with Gasteiger partial charge >= 0.3 is 0 Å². The molecule has 0 unspecified atom stereocenters. The highest BCUT2D eigenvalue weighted by Gasteiger charge is 2.20. The number of nitrogens with zero attached hydrogens (tertiary/aromatic N) is 1. The molecule has 0 atom stereocenters. The summed E-state index contributed by atoms with van der Waals surface area (Å²) in [5, 5.41) is 6.17. The van der Waals surface area contributed by atoms with Gasteiger partial charge in [0.15, 0.2) is 6.61 Å². The summed E-state index contributed by atoms with van der Waals surface area (Å²) in [5.41, 5.74) is 0.745. The van der Waals surface area contributed by atoms with Crippen molar-refractivity contribution in [2.45, 2.75) is 12.8 Å². The molecule has 1 fully saturated rings. The number of anilines is 1. The van der Waals surface area contributed by atoms with Gasteiger partial charge in [0.05, 0.1) is 0 Å². The van der Waals surface area contributed by atoms with Crippen molar-refractivity contribution in [2.24, 2.45) is 5.92 Å². The zero-order valence-electron chi connectivity index (χ0n) is 13.1. The Bertz CT molecular complexity index is 508. The second-order valence-corrected chi connectivity index (χ2v) is 5.61.